The molecule has 0 saturated heterocycles. The van der Waals surface area contributed by atoms with Gasteiger partial charge in [0, 0.05) is 12.3 Å². The van der Waals surface area contributed by atoms with Crippen LogP contribution >= 0.6 is 0 Å². The molecule has 4 rings (SSSR count). The number of nitrogens with zero attached hydrogens (tertiary/aromatic N) is 2. The molecule has 0 spiro atoms. The topological polar surface area (TPSA) is 95.6 Å². The van der Waals surface area contributed by atoms with E-state index in [0.717, 1.165) is 5.56 Å². The zero-order valence-electron chi connectivity index (χ0n) is 18.3. The number of benzene rings is 2. The first-order valence-electron chi connectivity index (χ1n) is 10.3. The predicted octanol–water partition coefficient (Wildman–Crippen LogP) is 4.45. The van der Waals surface area contributed by atoms with Crippen LogP contribution < -0.4 is 10.1 Å². The molecule has 0 saturated carbocycles. The highest BCUT2D eigenvalue weighted by molar-refractivity contribution is 6.01. The third-order valence-electron chi connectivity index (χ3n) is 4.89. The van der Waals surface area contributed by atoms with E-state index in [1.54, 1.807) is 47.1 Å². The average Bonchev–Trinajstić information content (AvgIpc) is 3.48. The summed E-state index contributed by atoms with van der Waals surface area (Å²) in [6, 6.07) is 19.7. The van der Waals surface area contributed by atoms with Crippen LogP contribution in [0.25, 0.3) is 0 Å². The summed E-state index contributed by atoms with van der Waals surface area (Å²) in [6.07, 6.45) is 1.81. The van der Waals surface area contributed by atoms with E-state index in [4.69, 9.17) is 9.15 Å². The lowest BCUT2D eigenvalue weighted by atomic mass is 10.1. The van der Waals surface area contributed by atoms with Crippen LogP contribution in [0.3, 0.4) is 0 Å². The van der Waals surface area contributed by atoms with Gasteiger partial charge < -0.3 is 19.2 Å². The number of aryl methyl sites for hydroxylation is 1. The number of furan rings is 1. The minimum absolute atomic E-state index is 0.135. The number of carbonyl (C=O) groups is 2. The number of hydrogen-bond donors (Lipinski definition) is 1. The second-order valence-corrected chi connectivity index (χ2v) is 7.41. The lowest BCUT2D eigenvalue weighted by Crippen LogP contribution is -2.12. The Morgan fingerprint density at radius 2 is 1.76 bits per heavy atom. The first-order valence-corrected chi connectivity index (χ1v) is 10.3. The number of nitrogens with one attached hydrogen (secondary N) is 1. The summed E-state index contributed by atoms with van der Waals surface area (Å²) in [6.45, 7) is 2.79. The fourth-order valence-electron chi connectivity index (χ4n) is 3.11. The molecule has 2 aromatic carbocycles. The number of amides is 1. The molecule has 0 radical (unpaired) electrons. The fraction of sp³-hybridized carbons (Fsp3) is 0.160. The zero-order chi connectivity index (χ0) is 23.2. The van der Waals surface area contributed by atoms with E-state index in [0.29, 0.717) is 29.4 Å². The fourth-order valence-corrected chi connectivity index (χ4v) is 3.11. The molecule has 168 valence electrons. The standard InChI is InChI=1S/C25H23N3O5/c1-17-3-5-18(6-4-17)15-28-14-13-23(27-28)26-24(29)22-12-11-21(33-22)16-32-20-9-7-19(8-10-20)25(30)31-2/h3-14H,15-16H2,1-2H3,(H,26,27,29). The van der Waals surface area contributed by atoms with Gasteiger partial charge in [0.1, 0.15) is 18.1 Å². The van der Waals surface area contributed by atoms with Crippen molar-refractivity contribution >= 4 is 17.7 Å². The second-order valence-electron chi connectivity index (χ2n) is 7.41. The molecule has 1 N–H and O–H groups in total. The molecule has 0 aliphatic heterocycles. The molecule has 1 amide bonds. The van der Waals surface area contributed by atoms with Crippen molar-refractivity contribution < 1.29 is 23.5 Å². The van der Waals surface area contributed by atoms with Crippen LogP contribution in [0.2, 0.25) is 0 Å². The van der Waals surface area contributed by atoms with Gasteiger partial charge in [-0.3, -0.25) is 9.48 Å². The molecule has 8 heteroatoms. The third-order valence-corrected chi connectivity index (χ3v) is 4.89. The Balaban J connectivity index is 1.30. The quantitative estimate of drug-likeness (QED) is 0.403. The largest absolute Gasteiger partial charge is 0.486 e. The Labute approximate surface area is 190 Å². The molecule has 0 unspecified atom stereocenters. The number of aromatic nitrogens is 2. The van der Waals surface area contributed by atoms with E-state index in [9.17, 15) is 9.59 Å². The number of ether oxygens (including phenoxy) is 2. The number of esters is 1. The number of carbonyl (C=O) groups excluding carboxylic acids is 2. The van der Waals surface area contributed by atoms with Gasteiger partial charge in [-0.15, -0.1) is 0 Å². The van der Waals surface area contributed by atoms with Crippen molar-refractivity contribution in [1.82, 2.24) is 9.78 Å². The molecule has 2 heterocycles. The number of rotatable bonds is 8. The molecule has 0 aliphatic rings. The molecular formula is C25H23N3O5. The number of hydrogen-bond acceptors (Lipinski definition) is 6. The summed E-state index contributed by atoms with van der Waals surface area (Å²) >= 11 is 0. The van der Waals surface area contributed by atoms with Gasteiger partial charge in [-0.05, 0) is 48.9 Å². The SMILES string of the molecule is COC(=O)c1ccc(OCc2ccc(C(=O)Nc3ccn(Cc4ccc(C)cc4)n3)o2)cc1. The van der Waals surface area contributed by atoms with Crippen LogP contribution in [0.1, 0.15) is 37.8 Å². The van der Waals surface area contributed by atoms with Gasteiger partial charge >= 0.3 is 5.97 Å². The van der Waals surface area contributed by atoms with Gasteiger partial charge in [0.05, 0.1) is 19.2 Å². The number of anilines is 1. The van der Waals surface area contributed by atoms with E-state index < -0.39 is 11.9 Å². The molecule has 4 aromatic rings. The van der Waals surface area contributed by atoms with Gasteiger partial charge in [-0.2, -0.15) is 5.10 Å². The Morgan fingerprint density at radius 3 is 2.48 bits per heavy atom. The molecule has 0 fully saturated rings. The highest BCUT2D eigenvalue weighted by Crippen LogP contribution is 2.17. The Kier molecular flexibility index (Phi) is 6.54. The van der Waals surface area contributed by atoms with Crippen molar-refractivity contribution in [3.63, 3.8) is 0 Å². The highest BCUT2D eigenvalue weighted by Gasteiger charge is 2.14. The van der Waals surface area contributed by atoms with Crippen molar-refractivity contribution in [1.29, 1.82) is 0 Å². The van der Waals surface area contributed by atoms with Crippen LogP contribution in [-0.4, -0.2) is 28.8 Å². The van der Waals surface area contributed by atoms with Crippen LogP contribution in [0.4, 0.5) is 5.82 Å². The summed E-state index contributed by atoms with van der Waals surface area (Å²) < 4.78 is 17.7. The minimum atomic E-state index is -0.414. The van der Waals surface area contributed by atoms with Gasteiger partial charge in [0.15, 0.2) is 11.6 Å². The van der Waals surface area contributed by atoms with Crippen LogP contribution in [0.15, 0.2) is 77.3 Å². The lowest BCUT2D eigenvalue weighted by molar-refractivity contribution is 0.0600. The summed E-state index contributed by atoms with van der Waals surface area (Å²) in [5, 5.41) is 7.12. The van der Waals surface area contributed by atoms with Crippen molar-refractivity contribution in [2.75, 3.05) is 12.4 Å². The maximum atomic E-state index is 12.5. The molecule has 0 atom stereocenters. The summed E-state index contributed by atoms with van der Waals surface area (Å²) in [4.78, 5) is 24.0. The smallest absolute Gasteiger partial charge is 0.337 e. The third kappa shape index (κ3) is 5.68. The first kappa shape index (κ1) is 21.9. The maximum absolute atomic E-state index is 12.5. The molecule has 2 aromatic heterocycles. The molecule has 33 heavy (non-hydrogen) atoms. The van der Waals surface area contributed by atoms with Crippen LogP contribution in [-0.2, 0) is 17.9 Å². The molecule has 0 bridgehead atoms. The number of methoxy groups -OCH3 is 1. The van der Waals surface area contributed by atoms with Crippen LogP contribution in [0.5, 0.6) is 5.75 Å². The Bertz CT molecular complexity index is 1240. The normalized spacial score (nSPS) is 10.6. The predicted molar refractivity (Wildman–Crippen MR) is 121 cm³/mol. The molecular weight excluding hydrogens is 422 g/mol. The van der Waals surface area contributed by atoms with Crippen molar-refractivity contribution in [3.8, 4) is 5.75 Å². The van der Waals surface area contributed by atoms with Gasteiger partial charge in [0.2, 0.25) is 0 Å². The van der Waals surface area contributed by atoms with Crippen molar-refractivity contribution in [2.24, 2.45) is 0 Å². The average molecular weight is 445 g/mol. The highest BCUT2D eigenvalue weighted by atomic mass is 16.5. The summed E-state index contributed by atoms with van der Waals surface area (Å²) in [5.41, 5.74) is 2.76. The molecule has 0 aliphatic carbocycles. The maximum Gasteiger partial charge on any atom is 0.337 e. The molecule has 8 nitrogen and oxygen atoms in total. The van der Waals surface area contributed by atoms with E-state index in [-0.39, 0.29) is 12.4 Å². The lowest BCUT2D eigenvalue weighted by Gasteiger charge is -2.05. The monoisotopic (exact) mass is 445 g/mol. The zero-order valence-corrected chi connectivity index (χ0v) is 18.3. The first-order chi connectivity index (χ1) is 16.0. The van der Waals surface area contributed by atoms with E-state index >= 15 is 0 Å². The van der Waals surface area contributed by atoms with Crippen LogP contribution in [0, 0.1) is 6.92 Å². The van der Waals surface area contributed by atoms with Crippen molar-refractivity contribution in [3.05, 3.63) is 101 Å². The van der Waals surface area contributed by atoms with E-state index in [1.807, 2.05) is 13.1 Å². The Morgan fingerprint density at radius 1 is 1.00 bits per heavy atom. The van der Waals surface area contributed by atoms with Gasteiger partial charge in [0.25, 0.3) is 5.91 Å². The van der Waals surface area contributed by atoms with Crippen molar-refractivity contribution in [2.45, 2.75) is 20.1 Å². The summed E-state index contributed by atoms with van der Waals surface area (Å²) in [7, 11) is 1.33. The van der Waals surface area contributed by atoms with E-state index in [1.165, 1.54) is 12.7 Å². The van der Waals surface area contributed by atoms with E-state index in [2.05, 4.69) is 39.4 Å². The second kappa shape index (κ2) is 9.86. The van der Waals surface area contributed by atoms with Gasteiger partial charge in [-0.1, -0.05) is 29.8 Å². The summed E-state index contributed by atoms with van der Waals surface area (Å²) in [5.74, 6) is 0.827. The Hall–Kier alpha value is -4.33. The minimum Gasteiger partial charge on any atom is -0.486 e. The van der Waals surface area contributed by atoms with Gasteiger partial charge in [-0.25, -0.2) is 4.79 Å².